The van der Waals surface area contributed by atoms with Gasteiger partial charge in [-0.3, -0.25) is 0 Å². The molecular formula is C16H32N2. The summed E-state index contributed by atoms with van der Waals surface area (Å²) >= 11 is 0. The Balaban J connectivity index is 1.80. The molecule has 1 unspecified atom stereocenters. The topological polar surface area (TPSA) is 15.3 Å². The fourth-order valence-corrected chi connectivity index (χ4v) is 4.18. The highest BCUT2D eigenvalue weighted by Gasteiger charge is 2.46. The lowest BCUT2D eigenvalue weighted by Gasteiger charge is -2.53. The maximum absolute atomic E-state index is 3.90. The van der Waals surface area contributed by atoms with E-state index in [-0.39, 0.29) is 0 Å². The zero-order valence-corrected chi connectivity index (χ0v) is 12.9. The first-order chi connectivity index (χ1) is 8.44. The minimum Gasteiger partial charge on any atom is -0.313 e. The van der Waals surface area contributed by atoms with Gasteiger partial charge >= 0.3 is 0 Å². The second kappa shape index (κ2) is 5.50. The van der Waals surface area contributed by atoms with Crippen LogP contribution in [0.2, 0.25) is 0 Å². The van der Waals surface area contributed by atoms with E-state index in [9.17, 15) is 0 Å². The molecule has 0 radical (unpaired) electrons. The van der Waals surface area contributed by atoms with Gasteiger partial charge in [-0.25, -0.2) is 0 Å². The molecule has 18 heavy (non-hydrogen) atoms. The molecule has 0 saturated heterocycles. The average Bonchev–Trinajstić information content (AvgIpc) is 2.27. The van der Waals surface area contributed by atoms with E-state index >= 15 is 0 Å². The molecule has 106 valence electrons. The van der Waals surface area contributed by atoms with Crippen LogP contribution in [0.1, 0.15) is 58.8 Å². The van der Waals surface area contributed by atoms with E-state index < -0.39 is 0 Å². The van der Waals surface area contributed by atoms with Gasteiger partial charge in [0.2, 0.25) is 0 Å². The Kier molecular flexibility index (Phi) is 4.38. The molecule has 2 aliphatic carbocycles. The van der Waals surface area contributed by atoms with Crippen molar-refractivity contribution in [3.63, 3.8) is 0 Å². The SMILES string of the molecule is CN(C)CC(C)(C)CNC1CCC12CCCCC2. The number of hydrogen-bond acceptors (Lipinski definition) is 2. The molecule has 0 aliphatic heterocycles. The van der Waals surface area contributed by atoms with Crippen LogP contribution in [0.25, 0.3) is 0 Å². The van der Waals surface area contributed by atoms with Crippen molar-refractivity contribution < 1.29 is 0 Å². The second-order valence-corrected chi connectivity index (χ2v) is 7.80. The number of hydrogen-bond donors (Lipinski definition) is 1. The lowest BCUT2D eigenvalue weighted by atomic mass is 9.57. The van der Waals surface area contributed by atoms with Crippen LogP contribution in [0, 0.1) is 10.8 Å². The van der Waals surface area contributed by atoms with Gasteiger partial charge in [0.25, 0.3) is 0 Å². The molecule has 0 amide bonds. The van der Waals surface area contributed by atoms with Gasteiger partial charge in [0, 0.05) is 19.1 Å². The van der Waals surface area contributed by atoms with Crippen molar-refractivity contribution in [1.82, 2.24) is 10.2 Å². The van der Waals surface area contributed by atoms with Gasteiger partial charge in [0.05, 0.1) is 0 Å². The summed E-state index contributed by atoms with van der Waals surface area (Å²) < 4.78 is 0. The number of rotatable bonds is 5. The van der Waals surface area contributed by atoms with Crippen molar-refractivity contribution in [2.75, 3.05) is 27.2 Å². The maximum Gasteiger partial charge on any atom is 0.0124 e. The first kappa shape index (κ1) is 14.3. The fraction of sp³-hybridized carbons (Fsp3) is 1.00. The Morgan fingerprint density at radius 2 is 1.78 bits per heavy atom. The molecule has 2 heteroatoms. The van der Waals surface area contributed by atoms with Gasteiger partial charge < -0.3 is 10.2 Å². The van der Waals surface area contributed by atoms with Crippen LogP contribution >= 0.6 is 0 Å². The summed E-state index contributed by atoms with van der Waals surface area (Å²) in [6.07, 6.45) is 10.3. The molecule has 2 aliphatic rings. The molecule has 1 spiro atoms. The third-order valence-electron chi connectivity index (χ3n) is 5.09. The van der Waals surface area contributed by atoms with Gasteiger partial charge in [-0.2, -0.15) is 0 Å². The van der Waals surface area contributed by atoms with Crippen LogP contribution in [0.4, 0.5) is 0 Å². The predicted molar refractivity (Wildman–Crippen MR) is 78.9 cm³/mol. The lowest BCUT2D eigenvalue weighted by molar-refractivity contribution is 0.0167. The molecule has 0 aromatic rings. The van der Waals surface area contributed by atoms with Gasteiger partial charge in [-0.15, -0.1) is 0 Å². The summed E-state index contributed by atoms with van der Waals surface area (Å²) in [5.74, 6) is 0. The minimum absolute atomic E-state index is 0.384. The molecule has 2 fully saturated rings. The highest BCUT2D eigenvalue weighted by atomic mass is 15.1. The first-order valence-electron chi connectivity index (χ1n) is 7.82. The van der Waals surface area contributed by atoms with Crippen molar-refractivity contribution in [2.24, 2.45) is 10.8 Å². The summed E-state index contributed by atoms with van der Waals surface area (Å²) in [5.41, 5.74) is 1.08. The smallest absolute Gasteiger partial charge is 0.0124 e. The molecule has 0 bridgehead atoms. The third kappa shape index (κ3) is 3.27. The van der Waals surface area contributed by atoms with Gasteiger partial charge in [-0.05, 0) is 50.6 Å². The highest BCUT2D eigenvalue weighted by molar-refractivity contribution is 5.02. The quantitative estimate of drug-likeness (QED) is 0.808. The van der Waals surface area contributed by atoms with E-state index in [4.69, 9.17) is 0 Å². The summed E-state index contributed by atoms with van der Waals surface area (Å²) in [6, 6.07) is 0.819. The fourth-order valence-electron chi connectivity index (χ4n) is 4.18. The van der Waals surface area contributed by atoms with Gasteiger partial charge in [0.1, 0.15) is 0 Å². The van der Waals surface area contributed by atoms with Crippen LogP contribution in [0.5, 0.6) is 0 Å². The summed E-state index contributed by atoms with van der Waals surface area (Å²) in [6.45, 7) is 7.09. The molecule has 2 rings (SSSR count). The Hall–Kier alpha value is -0.0800. The van der Waals surface area contributed by atoms with E-state index in [0.29, 0.717) is 10.8 Å². The van der Waals surface area contributed by atoms with E-state index in [1.54, 1.807) is 0 Å². The monoisotopic (exact) mass is 252 g/mol. The minimum atomic E-state index is 0.384. The summed E-state index contributed by atoms with van der Waals surface area (Å²) in [5, 5.41) is 3.90. The zero-order valence-electron chi connectivity index (χ0n) is 12.9. The molecule has 1 atom stereocenters. The Bertz CT molecular complexity index is 264. The van der Waals surface area contributed by atoms with Crippen molar-refractivity contribution in [2.45, 2.75) is 64.8 Å². The van der Waals surface area contributed by atoms with E-state index in [1.165, 1.54) is 51.5 Å². The Labute approximate surface area is 114 Å². The van der Waals surface area contributed by atoms with E-state index in [1.807, 2.05) is 0 Å². The second-order valence-electron chi connectivity index (χ2n) is 7.80. The summed E-state index contributed by atoms with van der Waals surface area (Å²) in [7, 11) is 4.35. The number of nitrogens with zero attached hydrogens (tertiary/aromatic N) is 1. The van der Waals surface area contributed by atoms with Crippen LogP contribution < -0.4 is 5.32 Å². The molecule has 0 aromatic heterocycles. The normalized spacial score (nSPS) is 27.5. The van der Waals surface area contributed by atoms with Crippen molar-refractivity contribution in [3.8, 4) is 0 Å². The van der Waals surface area contributed by atoms with Crippen molar-refractivity contribution in [3.05, 3.63) is 0 Å². The van der Waals surface area contributed by atoms with Crippen LogP contribution in [-0.2, 0) is 0 Å². The molecule has 0 aromatic carbocycles. The van der Waals surface area contributed by atoms with E-state index in [0.717, 1.165) is 12.6 Å². The van der Waals surface area contributed by atoms with Gasteiger partial charge in [0.15, 0.2) is 0 Å². The first-order valence-corrected chi connectivity index (χ1v) is 7.82. The van der Waals surface area contributed by atoms with Gasteiger partial charge in [-0.1, -0.05) is 33.1 Å². The average molecular weight is 252 g/mol. The summed E-state index contributed by atoms with van der Waals surface area (Å²) in [4.78, 5) is 2.30. The number of nitrogens with one attached hydrogen (secondary N) is 1. The lowest BCUT2D eigenvalue weighted by Crippen LogP contribution is -2.56. The molecule has 1 N–H and O–H groups in total. The van der Waals surface area contributed by atoms with Crippen molar-refractivity contribution >= 4 is 0 Å². The molecule has 2 nitrogen and oxygen atoms in total. The third-order valence-corrected chi connectivity index (χ3v) is 5.09. The molecular weight excluding hydrogens is 220 g/mol. The van der Waals surface area contributed by atoms with Crippen LogP contribution in [0.3, 0.4) is 0 Å². The molecule has 0 heterocycles. The highest BCUT2D eigenvalue weighted by Crippen LogP contribution is 2.51. The van der Waals surface area contributed by atoms with E-state index in [2.05, 4.69) is 38.2 Å². The van der Waals surface area contributed by atoms with Crippen LogP contribution in [-0.4, -0.2) is 38.1 Å². The maximum atomic E-state index is 3.90. The zero-order chi connectivity index (χ0) is 13.2. The van der Waals surface area contributed by atoms with Crippen molar-refractivity contribution in [1.29, 1.82) is 0 Å². The largest absolute Gasteiger partial charge is 0.313 e. The Morgan fingerprint density at radius 3 is 2.28 bits per heavy atom. The van der Waals surface area contributed by atoms with Crippen LogP contribution in [0.15, 0.2) is 0 Å². The predicted octanol–water partition coefficient (Wildman–Crippen LogP) is 3.28. The molecule has 2 saturated carbocycles. The standard InChI is InChI=1S/C16H32N2/c1-15(2,13-18(3)4)12-17-14-8-11-16(14)9-6-5-7-10-16/h14,17H,5-13H2,1-4H3. The Morgan fingerprint density at radius 1 is 1.11 bits per heavy atom.